The van der Waals surface area contributed by atoms with E-state index in [1.807, 2.05) is 13.0 Å². The summed E-state index contributed by atoms with van der Waals surface area (Å²) in [5.74, 6) is -0.124. The van der Waals surface area contributed by atoms with E-state index in [0.717, 1.165) is 29.4 Å². The third kappa shape index (κ3) is 3.48. The predicted octanol–water partition coefficient (Wildman–Crippen LogP) is 3.52. The Hall–Kier alpha value is -2.30. The summed E-state index contributed by atoms with van der Waals surface area (Å²) in [5, 5.41) is 1.00. The Kier molecular flexibility index (Phi) is 5.08. The van der Waals surface area contributed by atoms with Crippen LogP contribution in [0.2, 0.25) is 0 Å². The maximum Gasteiger partial charge on any atom is 0.227 e. The second-order valence-corrected chi connectivity index (χ2v) is 7.87. The molecule has 0 spiro atoms. The molecule has 26 heavy (non-hydrogen) atoms. The number of primary amides is 1. The number of rotatable bonds is 4. The molecule has 1 fully saturated rings. The number of likely N-dealkylation sites (tertiary alicyclic amines) is 1. The number of benzene rings is 1. The molecule has 1 aliphatic rings. The van der Waals surface area contributed by atoms with Crippen LogP contribution in [0.4, 0.5) is 0 Å². The van der Waals surface area contributed by atoms with Crippen LogP contribution >= 0.6 is 0 Å². The number of amides is 2. The molecule has 1 saturated heterocycles. The molecular formula is C21H28N2O3. The molecule has 5 nitrogen and oxygen atoms in total. The fourth-order valence-electron chi connectivity index (χ4n) is 3.95. The van der Waals surface area contributed by atoms with Crippen LogP contribution in [0, 0.1) is 12.8 Å². The zero-order chi connectivity index (χ0) is 19.0. The predicted molar refractivity (Wildman–Crippen MR) is 102 cm³/mol. The zero-order valence-corrected chi connectivity index (χ0v) is 16.0. The molecular weight excluding hydrogens is 328 g/mol. The van der Waals surface area contributed by atoms with Crippen LogP contribution in [0.3, 0.4) is 0 Å². The van der Waals surface area contributed by atoms with E-state index in [0.29, 0.717) is 12.5 Å². The topological polar surface area (TPSA) is 76.5 Å². The van der Waals surface area contributed by atoms with Gasteiger partial charge < -0.3 is 15.1 Å². The number of piperidine rings is 1. The van der Waals surface area contributed by atoms with Crippen molar-refractivity contribution in [3.8, 4) is 0 Å². The van der Waals surface area contributed by atoms with Gasteiger partial charge in [-0.05, 0) is 55.9 Å². The number of carbonyl (C=O) groups is 2. The van der Waals surface area contributed by atoms with Gasteiger partial charge in [-0.2, -0.15) is 0 Å². The van der Waals surface area contributed by atoms with Crippen LogP contribution in [-0.4, -0.2) is 29.3 Å². The number of hydrogen-bond donors (Lipinski definition) is 1. The quantitative estimate of drug-likeness (QED) is 0.910. The van der Waals surface area contributed by atoms with Crippen LogP contribution in [-0.2, 0) is 16.0 Å². The van der Waals surface area contributed by atoms with E-state index < -0.39 is 0 Å². The van der Waals surface area contributed by atoms with Crippen molar-refractivity contribution in [2.75, 3.05) is 6.54 Å². The summed E-state index contributed by atoms with van der Waals surface area (Å²) in [7, 11) is 0. The number of nitrogens with two attached hydrogens (primary N) is 1. The highest BCUT2D eigenvalue weighted by Gasteiger charge is 2.31. The third-order valence-electron chi connectivity index (χ3n) is 5.61. The number of carbonyl (C=O) groups excluding carboxylic acids is 2. The molecule has 2 aromatic rings. The lowest BCUT2D eigenvalue weighted by atomic mass is 9.92. The average Bonchev–Trinajstić information content (AvgIpc) is 2.95. The number of fused-ring (bicyclic) bond motifs is 1. The van der Waals surface area contributed by atoms with E-state index in [9.17, 15) is 9.59 Å². The van der Waals surface area contributed by atoms with Crippen LogP contribution in [0.25, 0.3) is 11.0 Å². The first-order valence-corrected chi connectivity index (χ1v) is 9.37. The summed E-state index contributed by atoms with van der Waals surface area (Å²) < 4.78 is 5.69. The third-order valence-corrected chi connectivity index (χ3v) is 5.61. The highest BCUT2D eigenvalue weighted by atomic mass is 16.3. The van der Waals surface area contributed by atoms with Crippen molar-refractivity contribution in [3.05, 3.63) is 35.1 Å². The molecule has 0 bridgehead atoms. The van der Waals surface area contributed by atoms with E-state index in [4.69, 9.17) is 10.2 Å². The van der Waals surface area contributed by atoms with Crippen molar-refractivity contribution >= 4 is 22.8 Å². The van der Waals surface area contributed by atoms with Crippen molar-refractivity contribution in [1.82, 2.24) is 4.90 Å². The van der Waals surface area contributed by atoms with Gasteiger partial charge in [-0.3, -0.25) is 9.59 Å². The van der Waals surface area contributed by atoms with Gasteiger partial charge in [-0.15, -0.1) is 0 Å². The molecule has 1 aromatic heterocycles. The van der Waals surface area contributed by atoms with Gasteiger partial charge in [0.05, 0.1) is 18.6 Å². The van der Waals surface area contributed by atoms with Crippen LogP contribution < -0.4 is 5.73 Å². The van der Waals surface area contributed by atoms with Gasteiger partial charge in [0.2, 0.25) is 11.8 Å². The molecule has 0 saturated carbocycles. The highest BCUT2D eigenvalue weighted by molar-refractivity contribution is 5.89. The van der Waals surface area contributed by atoms with Gasteiger partial charge in [0.1, 0.15) is 5.58 Å². The minimum absolute atomic E-state index is 0.0258. The Morgan fingerprint density at radius 1 is 1.31 bits per heavy atom. The molecule has 3 rings (SSSR count). The Morgan fingerprint density at radius 3 is 2.69 bits per heavy atom. The lowest BCUT2D eigenvalue weighted by Crippen LogP contribution is -2.49. The van der Waals surface area contributed by atoms with Crippen LogP contribution in [0.1, 0.15) is 56.2 Å². The molecule has 2 atom stereocenters. The van der Waals surface area contributed by atoms with Gasteiger partial charge in [0.25, 0.3) is 0 Å². The SMILES string of the molecule is Cc1cc2occ(CC(=O)N3CC(C(N)=O)CCC3C)c2cc1C(C)C. The normalized spacial score (nSPS) is 20.7. The standard InChI is InChI=1S/C21H28N2O3/c1-12(2)17-9-18-16(11-26-19(18)7-13(17)3)8-20(24)23-10-15(21(22)25)6-5-14(23)4/h7,9,11-12,14-15H,5-6,8,10H2,1-4H3,(H2,22,25). The van der Waals surface area contributed by atoms with Crippen molar-refractivity contribution in [3.63, 3.8) is 0 Å². The highest BCUT2D eigenvalue weighted by Crippen LogP contribution is 2.30. The van der Waals surface area contributed by atoms with Crippen molar-refractivity contribution in [1.29, 1.82) is 0 Å². The second-order valence-electron chi connectivity index (χ2n) is 7.87. The van der Waals surface area contributed by atoms with E-state index in [-0.39, 0.29) is 30.2 Å². The van der Waals surface area contributed by atoms with Gasteiger partial charge in [-0.1, -0.05) is 13.8 Å². The number of hydrogen-bond acceptors (Lipinski definition) is 3. The summed E-state index contributed by atoms with van der Waals surface area (Å²) in [5.41, 5.74) is 9.65. The summed E-state index contributed by atoms with van der Waals surface area (Å²) in [4.78, 5) is 26.2. The molecule has 2 unspecified atom stereocenters. The lowest BCUT2D eigenvalue weighted by Gasteiger charge is -2.37. The minimum Gasteiger partial charge on any atom is -0.464 e. The van der Waals surface area contributed by atoms with Crippen molar-refractivity contribution in [2.45, 2.75) is 58.9 Å². The average molecular weight is 356 g/mol. The summed E-state index contributed by atoms with van der Waals surface area (Å²) >= 11 is 0. The zero-order valence-electron chi connectivity index (χ0n) is 16.0. The largest absolute Gasteiger partial charge is 0.464 e. The summed E-state index contributed by atoms with van der Waals surface area (Å²) in [6.07, 6.45) is 3.53. The summed E-state index contributed by atoms with van der Waals surface area (Å²) in [6.45, 7) is 8.86. The first-order chi connectivity index (χ1) is 12.3. The molecule has 140 valence electrons. The minimum atomic E-state index is -0.319. The molecule has 2 amide bonds. The van der Waals surface area contributed by atoms with E-state index in [1.165, 1.54) is 11.1 Å². The first kappa shape index (κ1) is 18.5. The monoisotopic (exact) mass is 356 g/mol. The number of nitrogens with zero attached hydrogens (tertiary/aromatic N) is 1. The Morgan fingerprint density at radius 2 is 2.04 bits per heavy atom. The van der Waals surface area contributed by atoms with E-state index >= 15 is 0 Å². The lowest BCUT2D eigenvalue weighted by molar-refractivity contribution is -0.136. The van der Waals surface area contributed by atoms with Crippen molar-refractivity contribution in [2.24, 2.45) is 11.7 Å². The summed E-state index contributed by atoms with van der Waals surface area (Å²) in [6, 6.07) is 4.32. The Bertz CT molecular complexity index is 837. The van der Waals surface area contributed by atoms with Crippen LogP contribution in [0.5, 0.6) is 0 Å². The molecule has 0 radical (unpaired) electrons. The molecule has 0 aliphatic carbocycles. The maximum atomic E-state index is 12.9. The molecule has 2 N–H and O–H groups in total. The molecule has 5 heteroatoms. The van der Waals surface area contributed by atoms with E-state index in [1.54, 1.807) is 11.2 Å². The van der Waals surface area contributed by atoms with Gasteiger partial charge in [-0.25, -0.2) is 0 Å². The van der Waals surface area contributed by atoms with Crippen LogP contribution in [0.15, 0.2) is 22.8 Å². The first-order valence-electron chi connectivity index (χ1n) is 9.37. The Balaban J connectivity index is 1.85. The second kappa shape index (κ2) is 7.14. The van der Waals surface area contributed by atoms with Gasteiger partial charge >= 0.3 is 0 Å². The van der Waals surface area contributed by atoms with E-state index in [2.05, 4.69) is 26.8 Å². The maximum absolute atomic E-state index is 12.9. The van der Waals surface area contributed by atoms with Crippen molar-refractivity contribution < 1.29 is 14.0 Å². The van der Waals surface area contributed by atoms with Gasteiger partial charge in [0.15, 0.2) is 0 Å². The molecule has 1 aliphatic heterocycles. The fraction of sp³-hybridized carbons (Fsp3) is 0.524. The smallest absolute Gasteiger partial charge is 0.227 e. The number of furan rings is 1. The Labute approximate surface area is 154 Å². The fourth-order valence-corrected chi connectivity index (χ4v) is 3.95. The number of aryl methyl sites for hydroxylation is 1. The van der Waals surface area contributed by atoms with Gasteiger partial charge in [0, 0.05) is 23.5 Å². The molecule has 1 aromatic carbocycles. The molecule has 2 heterocycles.